The van der Waals surface area contributed by atoms with Gasteiger partial charge in [-0.05, 0) is 24.3 Å². The second-order valence-corrected chi connectivity index (χ2v) is 3.82. The molecule has 0 atom stereocenters. The highest BCUT2D eigenvalue weighted by atomic mass is 15.2. The summed E-state index contributed by atoms with van der Waals surface area (Å²) in [6.45, 7) is 0. The molecule has 5 nitrogen and oxygen atoms in total. The van der Waals surface area contributed by atoms with Crippen LogP contribution in [0.1, 0.15) is 0 Å². The van der Waals surface area contributed by atoms with E-state index in [9.17, 15) is 0 Å². The first-order valence-electron chi connectivity index (χ1n) is 5.78. The van der Waals surface area contributed by atoms with Crippen molar-refractivity contribution in [1.29, 1.82) is 0 Å². The number of aromatic nitrogens is 2. The van der Waals surface area contributed by atoms with Gasteiger partial charge in [0.1, 0.15) is 23.3 Å². The SMILES string of the molecule is CNc1cccc(N(C)c2cccc(NC)n2)n1. The zero-order chi connectivity index (χ0) is 13.0. The maximum atomic E-state index is 4.48. The molecule has 18 heavy (non-hydrogen) atoms. The first-order chi connectivity index (χ1) is 8.74. The van der Waals surface area contributed by atoms with Crippen molar-refractivity contribution >= 4 is 23.3 Å². The van der Waals surface area contributed by atoms with Crippen molar-refractivity contribution in [3.8, 4) is 0 Å². The molecule has 0 aromatic carbocycles. The summed E-state index contributed by atoms with van der Waals surface area (Å²) < 4.78 is 0. The van der Waals surface area contributed by atoms with Gasteiger partial charge < -0.3 is 15.5 Å². The monoisotopic (exact) mass is 243 g/mol. The molecule has 0 saturated heterocycles. The summed E-state index contributed by atoms with van der Waals surface area (Å²) in [4.78, 5) is 10.9. The Morgan fingerprint density at radius 2 is 1.28 bits per heavy atom. The predicted octanol–water partition coefficient (Wildman–Crippen LogP) is 2.33. The minimum absolute atomic E-state index is 0.837. The van der Waals surface area contributed by atoms with Crippen LogP contribution in [0, 0.1) is 0 Å². The van der Waals surface area contributed by atoms with Crippen LogP contribution in [0.4, 0.5) is 23.3 Å². The standard InChI is InChI=1S/C13H17N5/c1-14-10-6-4-8-12(16-10)18(3)13-9-5-7-11(15-2)17-13/h4-9H,1-3H3,(H,14,16)(H,15,17). The number of nitrogens with one attached hydrogen (secondary N) is 2. The summed E-state index contributed by atoms with van der Waals surface area (Å²) in [7, 11) is 5.65. The molecule has 0 saturated carbocycles. The molecule has 2 aromatic heterocycles. The highest BCUT2D eigenvalue weighted by molar-refractivity contribution is 5.59. The Kier molecular flexibility index (Phi) is 3.62. The lowest BCUT2D eigenvalue weighted by molar-refractivity contribution is 1.08. The van der Waals surface area contributed by atoms with Gasteiger partial charge in [-0.15, -0.1) is 0 Å². The molecular weight excluding hydrogens is 226 g/mol. The number of pyridine rings is 2. The van der Waals surface area contributed by atoms with Gasteiger partial charge in [-0.3, -0.25) is 0 Å². The van der Waals surface area contributed by atoms with E-state index in [0.29, 0.717) is 0 Å². The Morgan fingerprint density at radius 3 is 1.67 bits per heavy atom. The molecule has 0 fully saturated rings. The zero-order valence-electron chi connectivity index (χ0n) is 10.8. The van der Waals surface area contributed by atoms with Crippen LogP contribution in [-0.2, 0) is 0 Å². The van der Waals surface area contributed by atoms with Crippen LogP contribution in [0.3, 0.4) is 0 Å². The summed E-state index contributed by atoms with van der Waals surface area (Å²) in [5, 5.41) is 6.05. The fourth-order valence-electron chi connectivity index (χ4n) is 1.62. The first kappa shape index (κ1) is 12.2. The summed E-state index contributed by atoms with van der Waals surface area (Å²) in [5.74, 6) is 3.37. The van der Waals surface area contributed by atoms with E-state index in [1.807, 2.05) is 62.4 Å². The third-order valence-electron chi connectivity index (χ3n) is 2.67. The minimum atomic E-state index is 0.837. The van der Waals surface area contributed by atoms with E-state index in [0.717, 1.165) is 23.3 Å². The number of hydrogen-bond acceptors (Lipinski definition) is 5. The smallest absolute Gasteiger partial charge is 0.136 e. The zero-order valence-corrected chi connectivity index (χ0v) is 10.8. The van der Waals surface area contributed by atoms with Crippen LogP contribution in [0.15, 0.2) is 36.4 Å². The van der Waals surface area contributed by atoms with Crippen LogP contribution < -0.4 is 15.5 Å². The van der Waals surface area contributed by atoms with Gasteiger partial charge in [-0.2, -0.15) is 0 Å². The molecule has 0 aliphatic rings. The van der Waals surface area contributed by atoms with Crippen molar-refractivity contribution in [3.63, 3.8) is 0 Å². The molecule has 0 unspecified atom stereocenters. The predicted molar refractivity (Wildman–Crippen MR) is 75.6 cm³/mol. The molecule has 94 valence electrons. The third kappa shape index (κ3) is 2.51. The summed E-state index contributed by atoms with van der Waals surface area (Å²) in [6.07, 6.45) is 0. The second kappa shape index (κ2) is 5.35. The van der Waals surface area contributed by atoms with E-state index < -0.39 is 0 Å². The van der Waals surface area contributed by atoms with E-state index in [2.05, 4.69) is 20.6 Å². The van der Waals surface area contributed by atoms with Gasteiger partial charge in [0.15, 0.2) is 0 Å². The molecule has 0 radical (unpaired) electrons. The van der Waals surface area contributed by atoms with Crippen molar-refractivity contribution in [2.24, 2.45) is 0 Å². The summed E-state index contributed by atoms with van der Waals surface area (Å²) in [6, 6.07) is 11.7. The fourth-order valence-corrected chi connectivity index (χ4v) is 1.62. The second-order valence-electron chi connectivity index (χ2n) is 3.82. The Balaban J connectivity index is 2.31. The Labute approximate surface area is 107 Å². The van der Waals surface area contributed by atoms with E-state index in [-0.39, 0.29) is 0 Å². The van der Waals surface area contributed by atoms with Gasteiger partial charge in [0.05, 0.1) is 0 Å². The lowest BCUT2D eigenvalue weighted by Gasteiger charge is -2.18. The molecule has 2 rings (SSSR count). The summed E-state index contributed by atoms with van der Waals surface area (Å²) in [5.41, 5.74) is 0. The maximum absolute atomic E-state index is 4.48. The first-order valence-corrected chi connectivity index (χ1v) is 5.78. The van der Waals surface area contributed by atoms with Crippen LogP contribution in [0.25, 0.3) is 0 Å². The molecule has 0 spiro atoms. The topological polar surface area (TPSA) is 53.1 Å². The number of anilines is 4. The summed E-state index contributed by atoms with van der Waals surface area (Å²) >= 11 is 0. The number of rotatable bonds is 4. The van der Waals surface area contributed by atoms with Crippen molar-refractivity contribution in [3.05, 3.63) is 36.4 Å². The van der Waals surface area contributed by atoms with Gasteiger partial charge in [-0.1, -0.05) is 12.1 Å². The van der Waals surface area contributed by atoms with Crippen LogP contribution in [0.2, 0.25) is 0 Å². The molecule has 2 N–H and O–H groups in total. The molecular formula is C13H17N5. The van der Waals surface area contributed by atoms with E-state index in [4.69, 9.17) is 0 Å². The quantitative estimate of drug-likeness (QED) is 0.863. The lowest BCUT2D eigenvalue weighted by Crippen LogP contribution is -2.13. The Morgan fingerprint density at radius 1 is 0.833 bits per heavy atom. The van der Waals surface area contributed by atoms with E-state index in [1.165, 1.54) is 0 Å². The molecule has 2 heterocycles. The van der Waals surface area contributed by atoms with Gasteiger partial charge in [0.25, 0.3) is 0 Å². The van der Waals surface area contributed by atoms with Gasteiger partial charge in [0.2, 0.25) is 0 Å². The normalized spacial score (nSPS) is 9.94. The van der Waals surface area contributed by atoms with E-state index >= 15 is 0 Å². The van der Waals surface area contributed by atoms with Crippen LogP contribution in [0.5, 0.6) is 0 Å². The molecule has 5 heteroatoms. The van der Waals surface area contributed by atoms with Gasteiger partial charge >= 0.3 is 0 Å². The van der Waals surface area contributed by atoms with Crippen molar-refractivity contribution in [1.82, 2.24) is 9.97 Å². The van der Waals surface area contributed by atoms with Gasteiger partial charge in [-0.25, -0.2) is 9.97 Å². The average molecular weight is 243 g/mol. The van der Waals surface area contributed by atoms with Gasteiger partial charge in [0, 0.05) is 21.1 Å². The lowest BCUT2D eigenvalue weighted by atomic mass is 10.3. The number of nitrogens with zero attached hydrogens (tertiary/aromatic N) is 3. The highest BCUT2D eigenvalue weighted by Crippen LogP contribution is 2.21. The minimum Gasteiger partial charge on any atom is -0.373 e. The fraction of sp³-hybridized carbons (Fsp3) is 0.231. The molecule has 2 aromatic rings. The molecule has 0 amide bonds. The highest BCUT2D eigenvalue weighted by Gasteiger charge is 2.07. The van der Waals surface area contributed by atoms with Crippen LogP contribution >= 0.6 is 0 Å². The van der Waals surface area contributed by atoms with Crippen molar-refractivity contribution < 1.29 is 0 Å². The molecule has 0 bridgehead atoms. The molecule has 0 aliphatic carbocycles. The number of hydrogen-bond donors (Lipinski definition) is 2. The third-order valence-corrected chi connectivity index (χ3v) is 2.67. The Bertz CT molecular complexity index is 479. The largest absolute Gasteiger partial charge is 0.373 e. The molecule has 0 aliphatic heterocycles. The Hall–Kier alpha value is -2.30. The van der Waals surface area contributed by atoms with Crippen LogP contribution in [-0.4, -0.2) is 31.1 Å². The van der Waals surface area contributed by atoms with E-state index in [1.54, 1.807) is 0 Å². The average Bonchev–Trinajstić information content (AvgIpc) is 2.46. The maximum Gasteiger partial charge on any atom is 0.136 e. The van der Waals surface area contributed by atoms with Crippen molar-refractivity contribution in [2.45, 2.75) is 0 Å². The van der Waals surface area contributed by atoms with Crippen molar-refractivity contribution in [2.75, 3.05) is 36.7 Å².